The van der Waals surface area contributed by atoms with Crippen LogP contribution in [0.1, 0.15) is 29.0 Å². The number of aromatic nitrogens is 3. The van der Waals surface area contributed by atoms with Crippen molar-refractivity contribution in [3.05, 3.63) is 101 Å². The lowest BCUT2D eigenvalue weighted by Crippen LogP contribution is -2.27. The van der Waals surface area contributed by atoms with Crippen molar-refractivity contribution in [1.29, 1.82) is 0 Å². The zero-order valence-corrected chi connectivity index (χ0v) is 20.4. The molecule has 5 aromatic rings. The van der Waals surface area contributed by atoms with Crippen LogP contribution in [0.5, 0.6) is 5.75 Å². The van der Waals surface area contributed by atoms with E-state index in [4.69, 9.17) is 9.15 Å². The number of furan rings is 1. The van der Waals surface area contributed by atoms with E-state index in [2.05, 4.69) is 10.3 Å². The third-order valence-electron chi connectivity index (χ3n) is 6.36. The topological polar surface area (TPSA) is 125 Å². The largest absolute Gasteiger partial charge is 0.493 e. The fourth-order valence-electron chi connectivity index (χ4n) is 4.27. The van der Waals surface area contributed by atoms with Gasteiger partial charge >= 0.3 is 5.97 Å². The first-order valence-electron chi connectivity index (χ1n) is 12.3. The summed E-state index contributed by atoms with van der Waals surface area (Å²) in [4.78, 5) is 37.4. The molecule has 3 aromatic carbocycles. The second-order valence-electron chi connectivity index (χ2n) is 8.98. The highest BCUT2D eigenvalue weighted by molar-refractivity contribution is 5.99. The number of carboxylic acid groups (broad SMARTS) is 1. The molecule has 0 aliphatic carbocycles. The molecule has 1 atom stereocenters. The van der Waals surface area contributed by atoms with E-state index in [1.165, 1.54) is 5.56 Å². The molecule has 2 aromatic heterocycles. The summed E-state index contributed by atoms with van der Waals surface area (Å²) in [5.41, 5.74) is 1.79. The Balaban J connectivity index is 1.23. The monoisotopic (exact) mass is 511 g/mol. The van der Waals surface area contributed by atoms with Crippen LogP contribution in [0.15, 0.2) is 88.1 Å². The Bertz CT molecular complexity index is 1660. The number of ketones is 1. The van der Waals surface area contributed by atoms with Crippen molar-refractivity contribution in [1.82, 2.24) is 15.0 Å². The minimum absolute atomic E-state index is 0.0186. The first kappa shape index (κ1) is 24.9. The van der Waals surface area contributed by atoms with E-state index in [9.17, 15) is 19.5 Å². The van der Waals surface area contributed by atoms with E-state index >= 15 is 0 Å². The van der Waals surface area contributed by atoms with Gasteiger partial charge in [0.2, 0.25) is 0 Å². The molecule has 0 saturated carbocycles. The average Bonchev–Trinajstić information content (AvgIpc) is 3.36. The molecule has 0 aliphatic rings. The predicted molar refractivity (Wildman–Crippen MR) is 140 cm³/mol. The maximum absolute atomic E-state index is 12.9. The summed E-state index contributed by atoms with van der Waals surface area (Å²) in [6.45, 7) is 0.523. The normalized spacial score (nSPS) is 12.0. The number of carboxylic acids is 1. The highest BCUT2D eigenvalue weighted by Gasteiger charge is 2.24. The zero-order valence-electron chi connectivity index (χ0n) is 20.4. The van der Waals surface area contributed by atoms with Crippen LogP contribution < -0.4 is 10.3 Å². The van der Waals surface area contributed by atoms with Crippen LogP contribution in [0.3, 0.4) is 0 Å². The Morgan fingerprint density at radius 1 is 1.00 bits per heavy atom. The van der Waals surface area contributed by atoms with Crippen LogP contribution in [0, 0.1) is 5.92 Å². The van der Waals surface area contributed by atoms with Crippen molar-refractivity contribution in [2.24, 2.45) is 5.92 Å². The van der Waals surface area contributed by atoms with Gasteiger partial charge in [-0.3, -0.25) is 14.4 Å². The van der Waals surface area contributed by atoms with Gasteiger partial charge in [0.1, 0.15) is 16.8 Å². The molecule has 0 fully saturated rings. The second kappa shape index (κ2) is 11.1. The van der Waals surface area contributed by atoms with E-state index < -0.39 is 17.7 Å². The summed E-state index contributed by atoms with van der Waals surface area (Å²) in [5.74, 6) is -1.86. The number of benzene rings is 3. The van der Waals surface area contributed by atoms with Crippen molar-refractivity contribution in [2.75, 3.05) is 6.61 Å². The smallest absolute Gasteiger partial charge is 0.307 e. The summed E-state index contributed by atoms with van der Waals surface area (Å²) >= 11 is 0. The van der Waals surface area contributed by atoms with Gasteiger partial charge in [0.05, 0.1) is 17.9 Å². The van der Waals surface area contributed by atoms with Crippen molar-refractivity contribution in [3.63, 3.8) is 0 Å². The van der Waals surface area contributed by atoms with Gasteiger partial charge in [-0.1, -0.05) is 47.7 Å². The SMILES string of the molecule is O=C(CC(CCn1nnc2ccccc2c1=O)C(=O)O)c1cc2cc(OCCc3ccccc3)ccc2o1. The first-order chi connectivity index (χ1) is 18.5. The van der Waals surface area contributed by atoms with Gasteiger partial charge in [0, 0.05) is 24.8 Å². The Morgan fingerprint density at radius 2 is 1.79 bits per heavy atom. The quantitative estimate of drug-likeness (QED) is 0.257. The van der Waals surface area contributed by atoms with Gasteiger partial charge in [-0.05, 0) is 48.4 Å². The lowest BCUT2D eigenvalue weighted by atomic mass is 9.98. The number of ether oxygens (including phenoxy) is 1. The molecular formula is C29H25N3O6. The van der Waals surface area contributed by atoms with Crippen molar-refractivity contribution in [3.8, 4) is 5.75 Å². The minimum atomic E-state index is -1.13. The highest BCUT2D eigenvalue weighted by atomic mass is 16.5. The first-order valence-corrected chi connectivity index (χ1v) is 12.3. The van der Waals surface area contributed by atoms with E-state index in [0.717, 1.165) is 11.1 Å². The van der Waals surface area contributed by atoms with Crippen LogP contribution in [-0.2, 0) is 17.8 Å². The molecule has 2 heterocycles. The van der Waals surface area contributed by atoms with Gasteiger partial charge in [-0.15, -0.1) is 5.10 Å². The van der Waals surface area contributed by atoms with Crippen LogP contribution in [0.4, 0.5) is 0 Å². The zero-order chi connectivity index (χ0) is 26.5. The maximum Gasteiger partial charge on any atom is 0.307 e. The minimum Gasteiger partial charge on any atom is -0.493 e. The van der Waals surface area contributed by atoms with Gasteiger partial charge in [0.25, 0.3) is 5.56 Å². The van der Waals surface area contributed by atoms with Crippen LogP contribution in [0.25, 0.3) is 21.9 Å². The van der Waals surface area contributed by atoms with Crippen molar-refractivity contribution >= 4 is 33.6 Å². The lowest BCUT2D eigenvalue weighted by molar-refractivity contribution is -0.142. The number of fused-ring (bicyclic) bond motifs is 2. The van der Waals surface area contributed by atoms with Gasteiger partial charge in [-0.2, -0.15) is 0 Å². The molecule has 0 bridgehead atoms. The van der Waals surface area contributed by atoms with Gasteiger partial charge < -0.3 is 14.3 Å². The molecule has 0 amide bonds. The molecule has 5 rings (SSSR count). The van der Waals surface area contributed by atoms with E-state index in [1.807, 2.05) is 30.3 Å². The maximum atomic E-state index is 12.9. The Hall–Kier alpha value is -4.79. The fourth-order valence-corrected chi connectivity index (χ4v) is 4.27. The predicted octanol–water partition coefficient (Wildman–Crippen LogP) is 4.52. The number of hydrogen-bond acceptors (Lipinski definition) is 7. The standard InChI is InChI=1S/C29H25N3O6/c33-25(17-20(29(35)36)12-14-32-28(34)23-8-4-5-9-24(23)30-31-32)27-18-21-16-22(10-11-26(21)38-27)37-15-13-19-6-2-1-3-7-19/h1-11,16,18,20H,12-15,17H2,(H,35,36). The number of nitrogens with zero attached hydrogens (tertiary/aromatic N) is 3. The van der Waals surface area contributed by atoms with Crippen molar-refractivity contribution < 1.29 is 23.8 Å². The number of hydrogen-bond donors (Lipinski definition) is 1. The molecule has 0 spiro atoms. The van der Waals surface area contributed by atoms with Crippen LogP contribution in [0.2, 0.25) is 0 Å². The molecule has 38 heavy (non-hydrogen) atoms. The van der Waals surface area contributed by atoms with Gasteiger partial charge in [-0.25, -0.2) is 4.68 Å². The summed E-state index contributed by atoms with van der Waals surface area (Å²) in [6, 6.07) is 23.7. The number of aryl methyl sites for hydroxylation is 1. The Labute approximate surface area is 217 Å². The summed E-state index contributed by atoms with van der Waals surface area (Å²) in [7, 11) is 0. The molecule has 1 unspecified atom stereocenters. The third kappa shape index (κ3) is 5.62. The van der Waals surface area contributed by atoms with E-state index in [-0.39, 0.29) is 30.7 Å². The average molecular weight is 512 g/mol. The molecule has 0 saturated heterocycles. The lowest BCUT2D eigenvalue weighted by Gasteiger charge is -2.11. The van der Waals surface area contributed by atoms with E-state index in [1.54, 1.807) is 48.5 Å². The fraction of sp³-hybridized carbons (Fsp3) is 0.207. The molecule has 192 valence electrons. The number of carbonyl (C=O) groups is 2. The molecule has 9 nitrogen and oxygen atoms in total. The number of carbonyl (C=O) groups excluding carboxylic acids is 1. The van der Waals surface area contributed by atoms with Crippen molar-refractivity contribution in [2.45, 2.75) is 25.8 Å². The number of rotatable bonds is 11. The Kier molecular flexibility index (Phi) is 7.26. The highest BCUT2D eigenvalue weighted by Crippen LogP contribution is 2.26. The van der Waals surface area contributed by atoms with Gasteiger partial charge in [0.15, 0.2) is 11.5 Å². The number of Topliss-reactive ketones (excluding diaryl/α,β-unsaturated/α-hetero) is 1. The summed E-state index contributed by atoms with van der Waals surface area (Å²) < 4.78 is 12.7. The molecule has 9 heteroatoms. The molecule has 1 N–H and O–H groups in total. The summed E-state index contributed by atoms with van der Waals surface area (Å²) in [5, 5.41) is 18.7. The third-order valence-corrected chi connectivity index (χ3v) is 6.36. The second-order valence-corrected chi connectivity index (χ2v) is 8.98. The Morgan fingerprint density at radius 3 is 2.61 bits per heavy atom. The molecule has 0 radical (unpaired) electrons. The molecular weight excluding hydrogens is 486 g/mol. The van der Waals surface area contributed by atoms with Crippen LogP contribution >= 0.6 is 0 Å². The number of aliphatic carboxylic acids is 1. The summed E-state index contributed by atoms with van der Waals surface area (Å²) in [6.07, 6.45) is 0.528. The van der Waals surface area contributed by atoms with E-state index in [0.29, 0.717) is 34.2 Å². The molecule has 0 aliphatic heterocycles. The van der Waals surface area contributed by atoms with Crippen LogP contribution in [-0.4, -0.2) is 38.5 Å².